The molecule has 0 aliphatic heterocycles. The summed E-state index contributed by atoms with van der Waals surface area (Å²) >= 11 is 5.42. The molecule has 1 aromatic carbocycles. The second-order valence-electron chi connectivity index (χ2n) is 6.15. The first-order valence-electron chi connectivity index (χ1n) is 8.71. The van der Waals surface area contributed by atoms with Gasteiger partial charge in [-0.3, -0.25) is 4.79 Å². The lowest BCUT2D eigenvalue weighted by molar-refractivity contribution is -0.119. The Kier molecular flexibility index (Phi) is 5.59. The van der Waals surface area contributed by atoms with E-state index in [4.69, 9.17) is 18.8 Å². The molecule has 3 rings (SSSR count). The van der Waals surface area contributed by atoms with Gasteiger partial charge in [-0.25, -0.2) is 9.83 Å². The number of aryl methyl sites for hydroxylation is 1. The van der Waals surface area contributed by atoms with Crippen LogP contribution in [0.1, 0.15) is 32.6 Å². The zero-order valence-electron chi connectivity index (χ0n) is 14.7. The Morgan fingerprint density at radius 2 is 2.08 bits per heavy atom. The lowest BCUT2D eigenvalue weighted by atomic mass is 10.1. The lowest BCUT2D eigenvalue weighted by Gasteiger charge is -2.11. The number of ketones is 1. The number of carbonyl (C=O) groups excluding carboxylic acids is 1. The molecule has 0 spiro atoms. The van der Waals surface area contributed by atoms with Crippen LogP contribution in [0.25, 0.3) is 27.1 Å². The normalized spacial score (nSPS) is 10.8. The molecule has 0 saturated heterocycles. The van der Waals surface area contributed by atoms with E-state index in [1.165, 1.54) is 6.33 Å². The number of aromatic amines is 1. The predicted octanol–water partition coefficient (Wildman–Crippen LogP) is 5.46. The number of hydrogen-bond acceptors (Lipinski definition) is 3. The van der Waals surface area contributed by atoms with Gasteiger partial charge < -0.3 is 9.55 Å². The largest absolute Gasteiger partial charge is 0.354 e. The van der Waals surface area contributed by atoms with Gasteiger partial charge in [0.1, 0.15) is 5.78 Å². The van der Waals surface area contributed by atoms with Gasteiger partial charge in [0, 0.05) is 19.4 Å². The average Bonchev–Trinajstić information content (AvgIpc) is 3.00. The first-order chi connectivity index (χ1) is 12.7. The van der Waals surface area contributed by atoms with Crippen molar-refractivity contribution in [2.75, 3.05) is 0 Å². The second kappa shape index (κ2) is 8.07. The van der Waals surface area contributed by atoms with Crippen molar-refractivity contribution in [3.05, 3.63) is 52.7 Å². The van der Waals surface area contributed by atoms with Crippen LogP contribution in [0.15, 0.2) is 36.7 Å². The molecule has 0 atom stereocenters. The van der Waals surface area contributed by atoms with Crippen LogP contribution in [0.2, 0.25) is 0 Å². The molecule has 5 nitrogen and oxygen atoms in total. The molecule has 0 fully saturated rings. The zero-order chi connectivity index (χ0) is 18.5. The van der Waals surface area contributed by atoms with Gasteiger partial charge in [-0.05, 0) is 12.0 Å². The van der Waals surface area contributed by atoms with Crippen molar-refractivity contribution in [1.29, 1.82) is 0 Å². The third-order valence-electron chi connectivity index (χ3n) is 4.41. The smallest absolute Gasteiger partial charge is 0.235 e. The summed E-state index contributed by atoms with van der Waals surface area (Å²) in [5, 5.41) is 0. The Morgan fingerprint density at radius 3 is 2.77 bits per heavy atom. The van der Waals surface area contributed by atoms with Gasteiger partial charge in [0.25, 0.3) is 0 Å². The van der Waals surface area contributed by atoms with Crippen LogP contribution in [0.4, 0.5) is 5.69 Å². The number of unbranched alkanes of at least 4 members (excludes halogenated alkanes) is 1. The van der Waals surface area contributed by atoms with E-state index in [1.807, 2.05) is 34.9 Å². The van der Waals surface area contributed by atoms with Crippen molar-refractivity contribution in [2.24, 2.45) is 0 Å². The van der Waals surface area contributed by atoms with Gasteiger partial charge in [-0.2, -0.15) is 0 Å². The number of nitrogens with zero attached hydrogens (tertiary/aromatic N) is 3. The van der Waals surface area contributed by atoms with Crippen LogP contribution >= 0.6 is 12.2 Å². The summed E-state index contributed by atoms with van der Waals surface area (Å²) < 4.78 is 2.42. The van der Waals surface area contributed by atoms with Gasteiger partial charge in [-0.1, -0.05) is 55.9 Å². The minimum Gasteiger partial charge on any atom is -0.354 e. The molecule has 0 saturated carbocycles. The maximum Gasteiger partial charge on any atom is 0.235 e. The molecule has 0 radical (unpaired) electrons. The van der Waals surface area contributed by atoms with E-state index in [9.17, 15) is 4.79 Å². The SMILES string of the molecule is [C-]#[N+]c1c(-c2ccccc2)n(CCC(=O)CCCC)c2c(=S)nc[nH]c12. The lowest BCUT2D eigenvalue weighted by Crippen LogP contribution is -2.07. The van der Waals surface area contributed by atoms with Crippen LogP contribution in [-0.2, 0) is 11.3 Å². The third kappa shape index (κ3) is 3.44. The van der Waals surface area contributed by atoms with E-state index >= 15 is 0 Å². The third-order valence-corrected chi connectivity index (χ3v) is 4.71. The molecule has 132 valence electrons. The van der Waals surface area contributed by atoms with Gasteiger partial charge in [-0.15, -0.1) is 0 Å². The van der Waals surface area contributed by atoms with E-state index in [0.717, 1.165) is 29.6 Å². The van der Waals surface area contributed by atoms with Crippen LogP contribution in [0, 0.1) is 11.2 Å². The number of aromatic nitrogens is 3. The molecule has 2 aromatic heterocycles. The number of fused-ring (bicyclic) bond motifs is 1. The Labute approximate surface area is 157 Å². The first kappa shape index (κ1) is 18.0. The highest BCUT2D eigenvalue weighted by Gasteiger charge is 2.21. The summed E-state index contributed by atoms with van der Waals surface area (Å²) in [6.07, 6.45) is 4.45. The number of rotatable bonds is 7. The highest BCUT2D eigenvalue weighted by atomic mass is 32.1. The van der Waals surface area contributed by atoms with Crippen molar-refractivity contribution in [2.45, 2.75) is 39.2 Å². The fourth-order valence-electron chi connectivity index (χ4n) is 3.14. The summed E-state index contributed by atoms with van der Waals surface area (Å²) in [6, 6.07) is 9.75. The molecule has 1 N–H and O–H groups in total. The fourth-order valence-corrected chi connectivity index (χ4v) is 3.40. The zero-order valence-corrected chi connectivity index (χ0v) is 15.5. The summed E-state index contributed by atoms with van der Waals surface area (Å²) in [6.45, 7) is 10.2. The Morgan fingerprint density at radius 1 is 1.31 bits per heavy atom. The van der Waals surface area contributed by atoms with Crippen molar-refractivity contribution in [3.8, 4) is 11.3 Å². The van der Waals surface area contributed by atoms with E-state index in [-0.39, 0.29) is 5.78 Å². The maximum absolute atomic E-state index is 12.2. The van der Waals surface area contributed by atoms with E-state index in [2.05, 4.69) is 21.7 Å². The number of H-pyrrole nitrogens is 1. The van der Waals surface area contributed by atoms with Crippen LogP contribution in [0.5, 0.6) is 0 Å². The summed E-state index contributed by atoms with van der Waals surface area (Å²) in [5.41, 5.74) is 3.63. The van der Waals surface area contributed by atoms with Crippen molar-refractivity contribution in [3.63, 3.8) is 0 Å². The minimum atomic E-state index is 0.232. The van der Waals surface area contributed by atoms with Gasteiger partial charge in [0.15, 0.2) is 4.64 Å². The minimum absolute atomic E-state index is 0.232. The Balaban J connectivity index is 2.15. The Bertz CT molecular complexity index is 1030. The van der Waals surface area contributed by atoms with E-state index in [1.54, 1.807) is 0 Å². The van der Waals surface area contributed by atoms with Crippen LogP contribution < -0.4 is 0 Å². The molecular formula is C20H20N4OS. The van der Waals surface area contributed by atoms with Crippen LogP contribution in [0.3, 0.4) is 0 Å². The van der Waals surface area contributed by atoms with Crippen LogP contribution in [-0.4, -0.2) is 20.3 Å². The molecule has 0 unspecified atom stereocenters. The second-order valence-corrected chi connectivity index (χ2v) is 6.54. The maximum atomic E-state index is 12.2. The summed E-state index contributed by atoms with van der Waals surface area (Å²) in [7, 11) is 0. The number of Topliss-reactive ketones (excluding diaryl/α,β-unsaturated/α-hetero) is 1. The Hall–Kier alpha value is -2.78. The topological polar surface area (TPSA) is 55.0 Å². The number of benzene rings is 1. The molecular weight excluding hydrogens is 344 g/mol. The van der Waals surface area contributed by atoms with Crippen molar-refractivity contribution < 1.29 is 4.79 Å². The monoisotopic (exact) mass is 364 g/mol. The van der Waals surface area contributed by atoms with Crippen molar-refractivity contribution >= 4 is 34.7 Å². The molecule has 2 heterocycles. The van der Waals surface area contributed by atoms with E-state index < -0.39 is 0 Å². The molecule has 0 aliphatic rings. The first-order valence-corrected chi connectivity index (χ1v) is 9.12. The molecule has 0 bridgehead atoms. The molecule has 0 amide bonds. The average molecular weight is 364 g/mol. The van der Waals surface area contributed by atoms with Gasteiger partial charge in [0.2, 0.25) is 5.69 Å². The van der Waals surface area contributed by atoms with E-state index in [0.29, 0.717) is 35.2 Å². The molecule has 3 aromatic rings. The number of hydrogen-bond donors (Lipinski definition) is 1. The fraction of sp³-hybridized carbons (Fsp3) is 0.300. The summed E-state index contributed by atoms with van der Waals surface area (Å²) in [5.74, 6) is 0.232. The number of nitrogens with one attached hydrogen (secondary N) is 1. The van der Waals surface area contributed by atoms with Gasteiger partial charge in [0.05, 0.1) is 29.6 Å². The molecule has 26 heavy (non-hydrogen) atoms. The predicted molar refractivity (Wildman–Crippen MR) is 106 cm³/mol. The highest BCUT2D eigenvalue weighted by molar-refractivity contribution is 7.71. The van der Waals surface area contributed by atoms with Gasteiger partial charge >= 0.3 is 0 Å². The molecule has 6 heteroatoms. The quantitative estimate of drug-likeness (QED) is 0.447. The van der Waals surface area contributed by atoms with Crippen molar-refractivity contribution in [1.82, 2.24) is 14.5 Å². The molecule has 0 aliphatic carbocycles. The number of carbonyl (C=O) groups is 1. The highest BCUT2D eigenvalue weighted by Crippen LogP contribution is 2.39. The standard InChI is InChI=1S/C20H20N4OS/c1-3-4-10-15(25)11-12-24-18(14-8-6-5-7-9-14)16(21-2)17-19(24)20(26)23-13-22-17/h5-9,13H,3-4,10-12H2,1H3,(H,22,23,26). The summed E-state index contributed by atoms with van der Waals surface area (Å²) in [4.78, 5) is 23.2.